The van der Waals surface area contributed by atoms with Crippen LogP contribution in [0.2, 0.25) is 0 Å². The molecule has 0 bridgehead atoms. The Morgan fingerprint density at radius 3 is 2.52 bits per heavy atom. The van der Waals surface area contributed by atoms with Crippen molar-refractivity contribution < 1.29 is 19.4 Å². The molecule has 0 aliphatic heterocycles. The molecular weight excluding hydrogens is 370 g/mol. The molecule has 0 unspecified atom stereocenters. The molecule has 3 N–H and O–H groups in total. The van der Waals surface area contributed by atoms with Crippen molar-refractivity contribution in [2.75, 3.05) is 26.7 Å². The topological polar surface area (TPSA) is 90.9 Å². The van der Waals surface area contributed by atoms with Gasteiger partial charge in [-0.15, -0.1) is 0 Å². The van der Waals surface area contributed by atoms with Crippen LogP contribution in [-0.4, -0.2) is 54.8 Å². The van der Waals surface area contributed by atoms with Crippen LogP contribution >= 0.6 is 0 Å². The first-order chi connectivity index (χ1) is 13.9. The van der Waals surface area contributed by atoms with Crippen molar-refractivity contribution in [1.82, 2.24) is 15.5 Å². The molecule has 0 saturated heterocycles. The first-order valence-electron chi connectivity index (χ1n) is 9.59. The van der Waals surface area contributed by atoms with Gasteiger partial charge in [0.15, 0.2) is 0 Å². The van der Waals surface area contributed by atoms with Gasteiger partial charge in [0.25, 0.3) is 0 Å². The lowest BCUT2D eigenvalue weighted by molar-refractivity contribution is -0.139. The van der Waals surface area contributed by atoms with E-state index in [1.54, 1.807) is 0 Å². The van der Waals surface area contributed by atoms with Gasteiger partial charge in [-0.1, -0.05) is 60.2 Å². The summed E-state index contributed by atoms with van der Waals surface area (Å²) in [6.07, 6.45) is -0.743. The molecule has 7 nitrogen and oxygen atoms in total. The number of hydrogen-bond donors (Lipinski definition) is 3. The van der Waals surface area contributed by atoms with E-state index < -0.39 is 18.1 Å². The molecule has 1 atom stereocenters. The summed E-state index contributed by atoms with van der Waals surface area (Å²) in [5.41, 5.74) is 3.26. The number of ether oxygens (including phenoxy) is 1. The largest absolute Gasteiger partial charge is 0.480 e. The number of alkyl carbamates (subject to hydrolysis) is 1. The molecular formula is C22H29N3O4. The highest BCUT2D eigenvalue weighted by atomic mass is 16.5. The molecule has 0 heterocycles. The van der Waals surface area contributed by atoms with Gasteiger partial charge in [0.2, 0.25) is 0 Å². The Balaban J connectivity index is 1.69. The highest BCUT2D eigenvalue weighted by Crippen LogP contribution is 2.03. The molecule has 0 radical (unpaired) electrons. The van der Waals surface area contributed by atoms with Crippen LogP contribution in [0.25, 0.3) is 0 Å². The summed E-state index contributed by atoms with van der Waals surface area (Å²) in [7, 11) is 1.82. The predicted molar refractivity (Wildman–Crippen MR) is 112 cm³/mol. The summed E-state index contributed by atoms with van der Waals surface area (Å²) < 4.78 is 5.10. The summed E-state index contributed by atoms with van der Waals surface area (Å²) in [5, 5.41) is 15.1. The molecule has 0 saturated carbocycles. The fraction of sp³-hybridized carbons (Fsp3) is 0.364. The minimum atomic E-state index is -1.10. The zero-order valence-electron chi connectivity index (χ0n) is 16.9. The van der Waals surface area contributed by atoms with Gasteiger partial charge in [0.05, 0.1) is 0 Å². The maximum Gasteiger partial charge on any atom is 0.408 e. The number of carbonyl (C=O) groups excluding carboxylic acids is 1. The van der Waals surface area contributed by atoms with E-state index >= 15 is 0 Å². The first-order valence-corrected chi connectivity index (χ1v) is 9.59. The van der Waals surface area contributed by atoms with E-state index in [0.29, 0.717) is 13.1 Å². The van der Waals surface area contributed by atoms with E-state index in [1.165, 1.54) is 11.1 Å². The van der Waals surface area contributed by atoms with E-state index in [1.807, 2.05) is 48.3 Å². The maximum atomic E-state index is 11.9. The van der Waals surface area contributed by atoms with Gasteiger partial charge in [-0.05, 0) is 25.1 Å². The minimum Gasteiger partial charge on any atom is -0.480 e. The summed E-state index contributed by atoms with van der Waals surface area (Å²) >= 11 is 0. The predicted octanol–water partition coefficient (Wildman–Crippen LogP) is 2.40. The summed E-state index contributed by atoms with van der Waals surface area (Å²) in [5.74, 6) is -1.10. The van der Waals surface area contributed by atoms with Crippen molar-refractivity contribution in [3.63, 3.8) is 0 Å². The molecule has 2 rings (SSSR count). The SMILES string of the molecule is Cc1cccc(CNCCN(C)C[C@@H](NC(=O)OCc2ccccc2)C(=O)O)c1. The fourth-order valence-electron chi connectivity index (χ4n) is 2.82. The molecule has 2 aromatic rings. The van der Waals surface area contributed by atoms with Crippen molar-refractivity contribution in [2.45, 2.75) is 26.1 Å². The Morgan fingerprint density at radius 1 is 1.10 bits per heavy atom. The molecule has 1 amide bonds. The van der Waals surface area contributed by atoms with Crippen molar-refractivity contribution >= 4 is 12.1 Å². The van der Waals surface area contributed by atoms with Crippen LogP contribution in [0.5, 0.6) is 0 Å². The van der Waals surface area contributed by atoms with Crippen LogP contribution in [0.1, 0.15) is 16.7 Å². The van der Waals surface area contributed by atoms with E-state index in [-0.39, 0.29) is 13.2 Å². The molecule has 0 aliphatic carbocycles. The monoisotopic (exact) mass is 399 g/mol. The van der Waals surface area contributed by atoms with Gasteiger partial charge >= 0.3 is 12.1 Å². The van der Waals surface area contributed by atoms with Crippen LogP contribution in [0.15, 0.2) is 54.6 Å². The van der Waals surface area contributed by atoms with Gasteiger partial charge in [0.1, 0.15) is 12.6 Å². The maximum absolute atomic E-state index is 11.9. The third-order valence-electron chi connectivity index (χ3n) is 4.38. The van der Waals surface area contributed by atoms with Crippen LogP contribution in [0, 0.1) is 6.92 Å². The Bertz CT molecular complexity index is 783. The summed E-state index contributed by atoms with van der Waals surface area (Å²) in [6.45, 7) is 4.44. The summed E-state index contributed by atoms with van der Waals surface area (Å²) in [4.78, 5) is 25.3. The Morgan fingerprint density at radius 2 is 1.83 bits per heavy atom. The highest BCUT2D eigenvalue weighted by molar-refractivity contribution is 5.80. The van der Waals surface area contributed by atoms with Crippen LogP contribution < -0.4 is 10.6 Å². The van der Waals surface area contributed by atoms with Crippen molar-refractivity contribution in [2.24, 2.45) is 0 Å². The number of likely N-dealkylation sites (N-methyl/N-ethyl adjacent to an activating group) is 1. The quantitative estimate of drug-likeness (QED) is 0.503. The van der Waals surface area contributed by atoms with Crippen LogP contribution in [0.3, 0.4) is 0 Å². The van der Waals surface area contributed by atoms with E-state index in [9.17, 15) is 14.7 Å². The number of nitrogens with one attached hydrogen (secondary N) is 2. The number of amides is 1. The van der Waals surface area contributed by atoms with E-state index in [4.69, 9.17) is 4.74 Å². The zero-order valence-corrected chi connectivity index (χ0v) is 16.9. The average molecular weight is 399 g/mol. The smallest absolute Gasteiger partial charge is 0.408 e. The average Bonchev–Trinajstić information content (AvgIpc) is 2.70. The molecule has 0 fully saturated rings. The number of aliphatic carboxylic acids is 1. The fourth-order valence-corrected chi connectivity index (χ4v) is 2.82. The molecule has 2 aromatic carbocycles. The number of aryl methyl sites for hydroxylation is 1. The van der Waals surface area contributed by atoms with Crippen LogP contribution in [0.4, 0.5) is 4.79 Å². The third kappa shape index (κ3) is 8.76. The third-order valence-corrected chi connectivity index (χ3v) is 4.38. The summed E-state index contributed by atoms with van der Waals surface area (Å²) in [6, 6.07) is 16.5. The standard InChI is InChI=1S/C22H29N3O4/c1-17-7-6-10-19(13-17)14-23-11-12-25(2)15-20(21(26)27)24-22(28)29-16-18-8-4-3-5-9-18/h3-10,13,20,23H,11-12,14-16H2,1-2H3,(H,24,28)(H,26,27)/t20-/m1/s1. The number of carboxylic acid groups (broad SMARTS) is 1. The van der Waals surface area contributed by atoms with E-state index in [2.05, 4.69) is 35.8 Å². The molecule has 0 aromatic heterocycles. The van der Waals surface area contributed by atoms with Gasteiger partial charge in [-0.3, -0.25) is 0 Å². The minimum absolute atomic E-state index is 0.0950. The van der Waals surface area contributed by atoms with Gasteiger partial charge < -0.3 is 25.4 Å². The molecule has 0 spiro atoms. The molecule has 156 valence electrons. The van der Waals surface area contributed by atoms with Crippen molar-refractivity contribution in [3.8, 4) is 0 Å². The second kappa shape index (κ2) is 11.8. The molecule has 0 aliphatic rings. The zero-order chi connectivity index (χ0) is 21.1. The molecule has 29 heavy (non-hydrogen) atoms. The Kier molecular flexibility index (Phi) is 9.14. The lowest BCUT2D eigenvalue weighted by Crippen LogP contribution is -2.48. The number of rotatable bonds is 11. The number of carboxylic acids is 1. The lowest BCUT2D eigenvalue weighted by Gasteiger charge is -2.22. The Labute approximate surface area is 171 Å². The number of benzene rings is 2. The number of hydrogen-bond acceptors (Lipinski definition) is 5. The van der Waals surface area contributed by atoms with Crippen molar-refractivity contribution in [3.05, 3.63) is 71.3 Å². The van der Waals surface area contributed by atoms with Gasteiger partial charge in [0, 0.05) is 26.2 Å². The normalized spacial score (nSPS) is 11.8. The van der Waals surface area contributed by atoms with Crippen LogP contribution in [-0.2, 0) is 22.7 Å². The first kappa shape index (κ1) is 22.4. The van der Waals surface area contributed by atoms with Gasteiger partial charge in [-0.25, -0.2) is 9.59 Å². The lowest BCUT2D eigenvalue weighted by atomic mass is 10.1. The van der Waals surface area contributed by atoms with Crippen molar-refractivity contribution in [1.29, 1.82) is 0 Å². The van der Waals surface area contributed by atoms with Gasteiger partial charge in [-0.2, -0.15) is 0 Å². The van der Waals surface area contributed by atoms with E-state index in [0.717, 1.165) is 12.1 Å². The second-order valence-corrected chi connectivity index (χ2v) is 7.02. The number of nitrogens with zero attached hydrogens (tertiary/aromatic N) is 1. The second-order valence-electron chi connectivity index (χ2n) is 7.02. The molecule has 7 heteroatoms. The highest BCUT2D eigenvalue weighted by Gasteiger charge is 2.22. The number of carbonyl (C=O) groups is 2. The Hall–Kier alpha value is -2.90.